The van der Waals surface area contributed by atoms with E-state index in [1.165, 1.54) is 45.5 Å². The van der Waals surface area contributed by atoms with Crippen LogP contribution in [-0.2, 0) is 24.7 Å². The Morgan fingerprint density at radius 1 is 1.26 bits per heavy atom. The SMILES string of the molecule is C=CCc1c(C)cc2c(c1-c1cc3c4c(c1C)CC34C)CCN2. The van der Waals surface area contributed by atoms with Gasteiger partial charge in [0.1, 0.15) is 0 Å². The van der Waals surface area contributed by atoms with Crippen LogP contribution in [0.25, 0.3) is 11.1 Å². The van der Waals surface area contributed by atoms with Crippen molar-refractivity contribution in [3.05, 3.63) is 63.7 Å². The smallest absolute Gasteiger partial charge is 0.0382 e. The molecule has 2 aromatic carbocycles. The first kappa shape index (κ1) is 13.4. The second kappa shape index (κ2) is 4.08. The molecule has 1 N–H and O–H groups in total. The van der Waals surface area contributed by atoms with E-state index in [1.54, 1.807) is 16.7 Å². The van der Waals surface area contributed by atoms with E-state index in [0.29, 0.717) is 5.41 Å². The normalized spacial score (nSPS) is 22.0. The lowest BCUT2D eigenvalue weighted by Crippen LogP contribution is -2.16. The van der Waals surface area contributed by atoms with Crippen LogP contribution in [0, 0.1) is 13.8 Å². The Hall–Kier alpha value is -2.02. The van der Waals surface area contributed by atoms with Crippen LogP contribution >= 0.6 is 0 Å². The van der Waals surface area contributed by atoms with Gasteiger partial charge in [-0.3, -0.25) is 0 Å². The van der Waals surface area contributed by atoms with Gasteiger partial charge in [-0.1, -0.05) is 13.0 Å². The lowest BCUT2D eigenvalue weighted by Gasteiger charge is -2.23. The van der Waals surface area contributed by atoms with E-state index < -0.39 is 0 Å². The Morgan fingerprint density at radius 2 is 2.09 bits per heavy atom. The van der Waals surface area contributed by atoms with Crippen LogP contribution in [0.1, 0.15) is 45.9 Å². The van der Waals surface area contributed by atoms with Crippen molar-refractivity contribution >= 4 is 5.69 Å². The highest BCUT2D eigenvalue weighted by Gasteiger charge is 2.57. The molecule has 0 aromatic heterocycles. The van der Waals surface area contributed by atoms with Gasteiger partial charge >= 0.3 is 0 Å². The summed E-state index contributed by atoms with van der Waals surface area (Å²) in [4.78, 5) is 0. The Bertz CT molecular complexity index is 903. The molecule has 3 aliphatic rings. The molecule has 1 heteroatoms. The molecule has 1 unspecified atom stereocenters. The quantitative estimate of drug-likeness (QED) is 0.800. The number of hydrogen-bond donors (Lipinski definition) is 1. The first-order chi connectivity index (χ1) is 11.1. The molecule has 0 fully saturated rings. The second-order valence-corrected chi connectivity index (χ2v) is 7.70. The lowest BCUT2D eigenvalue weighted by molar-refractivity contribution is 0.630. The molecule has 5 rings (SSSR count). The van der Waals surface area contributed by atoms with Crippen molar-refractivity contribution in [1.29, 1.82) is 0 Å². The van der Waals surface area contributed by atoms with E-state index in [1.807, 2.05) is 0 Å². The number of allylic oxidation sites excluding steroid dienone is 1. The molecule has 0 amide bonds. The summed E-state index contributed by atoms with van der Waals surface area (Å²) in [7, 11) is 0. The van der Waals surface area contributed by atoms with Crippen molar-refractivity contribution < 1.29 is 0 Å². The van der Waals surface area contributed by atoms with E-state index >= 15 is 0 Å². The van der Waals surface area contributed by atoms with Crippen LogP contribution in [0.15, 0.2) is 24.8 Å². The third-order valence-electron chi connectivity index (χ3n) is 6.40. The van der Waals surface area contributed by atoms with E-state index in [-0.39, 0.29) is 0 Å². The first-order valence-electron chi connectivity index (χ1n) is 8.74. The monoisotopic (exact) mass is 301 g/mol. The van der Waals surface area contributed by atoms with E-state index in [9.17, 15) is 0 Å². The van der Waals surface area contributed by atoms with Gasteiger partial charge in [0, 0.05) is 17.6 Å². The average molecular weight is 301 g/mol. The second-order valence-electron chi connectivity index (χ2n) is 7.70. The molecule has 2 aromatic rings. The van der Waals surface area contributed by atoms with Crippen molar-refractivity contribution in [3.63, 3.8) is 0 Å². The Labute approximate surface area is 138 Å². The summed E-state index contributed by atoms with van der Waals surface area (Å²) in [6.07, 6.45) is 5.40. The number of anilines is 1. The molecule has 2 aliphatic carbocycles. The molecule has 1 aliphatic heterocycles. The van der Waals surface area contributed by atoms with Gasteiger partial charge in [-0.2, -0.15) is 0 Å². The minimum absolute atomic E-state index is 0.433. The van der Waals surface area contributed by atoms with E-state index in [2.05, 4.69) is 50.9 Å². The molecule has 0 spiro atoms. The zero-order valence-electron chi connectivity index (χ0n) is 14.3. The topological polar surface area (TPSA) is 12.0 Å². The Kier molecular flexibility index (Phi) is 2.38. The average Bonchev–Trinajstić information content (AvgIpc) is 2.84. The third kappa shape index (κ3) is 1.48. The summed E-state index contributed by atoms with van der Waals surface area (Å²) in [5.41, 5.74) is 15.6. The fraction of sp³-hybridized carbons (Fsp3) is 0.364. The van der Waals surface area contributed by atoms with Gasteiger partial charge in [0.2, 0.25) is 0 Å². The molecule has 0 saturated heterocycles. The predicted octanol–water partition coefficient (Wildman–Crippen LogP) is 4.84. The number of fused-ring (bicyclic) bond motifs is 2. The Morgan fingerprint density at radius 3 is 2.87 bits per heavy atom. The summed E-state index contributed by atoms with van der Waals surface area (Å²) < 4.78 is 0. The first-order valence-corrected chi connectivity index (χ1v) is 8.74. The maximum atomic E-state index is 4.00. The Balaban J connectivity index is 1.82. The van der Waals surface area contributed by atoms with Crippen LogP contribution in [0.5, 0.6) is 0 Å². The largest absolute Gasteiger partial charge is 0.384 e. The van der Waals surface area contributed by atoms with Crippen LogP contribution in [0.4, 0.5) is 5.69 Å². The minimum Gasteiger partial charge on any atom is -0.384 e. The zero-order valence-corrected chi connectivity index (χ0v) is 14.3. The van der Waals surface area contributed by atoms with Gasteiger partial charge in [-0.05, 0) is 95.3 Å². The van der Waals surface area contributed by atoms with E-state index in [0.717, 1.165) is 19.4 Å². The summed E-state index contributed by atoms with van der Waals surface area (Å²) >= 11 is 0. The van der Waals surface area contributed by atoms with Crippen molar-refractivity contribution in [3.8, 4) is 11.1 Å². The number of nitrogens with one attached hydrogen (secondary N) is 1. The molecule has 116 valence electrons. The van der Waals surface area contributed by atoms with Crippen molar-refractivity contribution in [2.24, 2.45) is 0 Å². The van der Waals surface area contributed by atoms with Crippen molar-refractivity contribution in [1.82, 2.24) is 0 Å². The fourth-order valence-corrected chi connectivity index (χ4v) is 5.06. The van der Waals surface area contributed by atoms with Crippen LogP contribution < -0.4 is 5.32 Å². The molecule has 0 bridgehead atoms. The number of benzene rings is 2. The maximum absolute atomic E-state index is 4.00. The number of aryl methyl sites for hydroxylation is 1. The van der Waals surface area contributed by atoms with Gasteiger partial charge in [-0.15, -0.1) is 6.58 Å². The third-order valence-corrected chi connectivity index (χ3v) is 6.40. The van der Waals surface area contributed by atoms with E-state index in [4.69, 9.17) is 0 Å². The molecule has 0 radical (unpaired) electrons. The van der Waals surface area contributed by atoms with Crippen molar-refractivity contribution in [2.75, 3.05) is 11.9 Å². The molecule has 1 atom stereocenters. The van der Waals surface area contributed by atoms with Gasteiger partial charge in [0.05, 0.1) is 0 Å². The summed E-state index contributed by atoms with van der Waals surface area (Å²) in [5, 5.41) is 3.57. The van der Waals surface area contributed by atoms with Gasteiger partial charge in [0.15, 0.2) is 0 Å². The summed E-state index contributed by atoms with van der Waals surface area (Å²) in [6.45, 7) is 12.0. The summed E-state index contributed by atoms with van der Waals surface area (Å²) in [6, 6.07) is 4.83. The van der Waals surface area contributed by atoms with Crippen molar-refractivity contribution in [2.45, 2.75) is 45.4 Å². The molecular formula is C22H23N. The molecular weight excluding hydrogens is 278 g/mol. The number of rotatable bonds is 3. The molecule has 0 saturated carbocycles. The maximum Gasteiger partial charge on any atom is 0.0382 e. The minimum atomic E-state index is 0.433. The standard InChI is InChI=1S/C22H23N/c1-5-6-14-12(2)9-19-15(7-8-23-19)20(14)16-10-18-21-17(13(16)3)11-22(18,21)4/h5,9-10,23H,1,6-8,11H2,2-4H3. The molecule has 1 heterocycles. The molecule has 23 heavy (non-hydrogen) atoms. The number of hydrogen-bond acceptors (Lipinski definition) is 1. The van der Waals surface area contributed by atoms with Crippen LogP contribution in [0.3, 0.4) is 0 Å². The highest BCUT2D eigenvalue weighted by atomic mass is 14.9. The van der Waals surface area contributed by atoms with Gasteiger partial charge < -0.3 is 5.32 Å². The highest BCUT2D eigenvalue weighted by Crippen LogP contribution is 2.64. The highest BCUT2D eigenvalue weighted by molar-refractivity contribution is 5.88. The molecule has 1 nitrogen and oxygen atoms in total. The zero-order chi connectivity index (χ0) is 15.9. The lowest BCUT2D eigenvalue weighted by atomic mass is 9.80. The van der Waals surface area contributed by atoms with Gasteiger partial charge in [-0.25, -0.2) is 0 Å². The van der Waals surface area contributed by atoms with Crippen LogP contribution in [0.2, 0.25) is 0 Å². The van der Waals surface area contributed by atoms with Crippen LogP contribution in [-0.4, -0.2) is 6.54 Å². The predicted molar refractivity (Wildman–Crippen MR) is 97.6 cm³/mol. The summed E-state index contributed by atoms with van der Waals surface area (Å²) in [5.74, 6) is 0. The van der Waals surface area contributed by atoms with Gasteiger partial charge in [0.25, 0.3) is 0 Å². The fourth-order valence-electron chi connectivity index (χ4n) is 5.06.